The Balaban J connectivity index is 2.15. The van der Waals surface area contributed by atoms with Crippen LogP contribution in [0.15, 0.2) is 6.07 Å². The van der Waals surface area contributed by atoms with Gasteiger partial charge in [-0.15, -0.1) is 0 Å². The van der Waals surface area contributed by atoms with Crippen molar-refractivity contribution >= 4 is 17.4 Å². The lowest BCUT2D eigenvalue weighted by molar-refractivity contribution is 0.0853. The molecule has 1 aromatic heterocycles. The van der Waals surface area contributed by atoms with Crippen LogP contribution >= 0.6 is 11.6 Å². The van der Waals surface area contributed by atoms with Gasteiger partial charge in [0.15, 0.2) is 0 Å². The van der Waals surface area contributed by atoms with E-state index < -0.39 is 0 Å². The van der Waals surface area contributed by atoms with Gasteiger partial charge in [-0.05, 0) is 19.8 Å². The van der Waals surface area contributed by atoms with Crippen molar-refractivity contribution in [3.63, 3.8) is 0 Å². The summed E-state index contributed by atoms with van der Waals surface area (Å²) in [5.74, 6) is 1.60. The molecule has 1 aliphatic heterocycles. The van der Waals surface area contributed by atoms with Crippen molar-refractivity contribution in [2.45, 2.75) is 25.8 Å². The van der Waals surface area contributed by atoms with Gasteiger partial charge in [0.2, 0.25) is 0 Å². The number of hydrogen-bond donors (Lipinski definition) is 0. The minimum Gasteiger partial charge on any atom is -0.381 e. The topological polar surface area (TPSA) is 38.2 Å². The summed E-state index contributed by atoms with van der Waals surface area (Å²) < 4.78 is 5.35. The maximum atomic E-state index is 5.93. The Labute approximate surface area is 101 Å². The van der Waals surface area contributed by atoms with E-state index >= 15 is 0 Å². The number of hydrogen-bond acceptors (Lipinski definition) is 4. The Morgan fingerprint density at radius 3 is 2.69 bits per heavy atom. The third-order valence-corrected chi connectivity index (χ3v) is 3.09. The Morgan fingerprint density at radius 1 is 1.38 bits per heavy atom. The SMILES string of the molecule is Cc1nc(Cl)cc(N(C)C2CCOCC2)n1. The normalized spacial score (nSPS) is 17.4. The van der Waals surface area contributed by atoms with Crippen LogP contribution in [0, 0.1) is 6.92 Å². The number of nitrogens with zero attached hydrogens (tertiary/aromatic N) is 3. The Bertz CT molecular complexity index is 346. The zero-order valence-corrected chi connectivity index (χ0v) is 10.4. The number of halogens is 1. The molecule has 0 unspecified atom stereocenters. The van der Waals surface area contributed by atoms with E-state index in [1.807, 2.05) is 20.0 Å². The first kappa shape index (κ1) is 11.6. The number of aryl methyl sites for hydroxylation is 1. The van der Waals surface area contributed by atoms with Gasteiger partial charge in [-0.25, -0.2) is 9.97 Å². The van der Waals surface area contributed by atoms with Crippen molar-refractivity contribution in [1.29, 1.82) is 0 Å². The van der Waals surface area contributed by atoms with Gasteiger partial charge in [-0.2, -0.15) is 0 Å². The molecule has 1 aliphatic rings. The van der Waals surface area contributed by atoms with Crippen molar-refractivity contribution in [3.05, 3.63) is 17.0 Å². The fourth-order valence-electron chi connectivity index (χ4n) is 1.96. The van der Waals surface area contributed by atoms with Crippen LogP contribution in [0.5, 0.6) is 0 Å². The highest BCUT2D eigenvalue weighted by Crippen LogP contribution is 2.21. The van der Waals surface area contributed by atoms with Crippen LogP contribution in [-0.4, -0.2) is 36.3 Å². The highest BCUT2D eigenvalue weighted by Gasteiger charge is 2.20. The molecule has 2 heterocycles. The molecule has 0 radical (unpaired) electrons. The maximum absolute atomic E-state index is 5.93. The summed E-state index contributed by atoms with van der Waals surface area (Å²) in [4.78, 5) is 10.6. The van der Waals surface area contributed by atoms with E-state index in [9.17, 15) is 0 Å². The molecule has 0 amide bonds. The summed E-state index contributed by atoms with van der Waals surface area (Å²) in [6, 6.07) is 2.29. The predicted molar refractivity (Wildman–Crippen MR) is 64.0 cm³/mol. The molecular weight excluding hydrogens is 226 g/mol. The molecule has 5 heteroatoms. The molecule has 1 fully saturated rings. The Morgan fingerprint density at radius 2 is 2.06 bits per heavy atom. The van der Waals surface area contributed by atoms with Crippen LogP contribution in [0.4, 0.5) is 5.82 Å². The molecule has 1 aromatic rings. The summed E-state index contributed by atoms with van der Waals surface area (Å²) in [7, 11) is 2.05. The second kappa shape index (κ2) is 4.97. The molecule has 0 saturated carbocycles. The highest BCUT2D eigenvalue weighted by molar-refractivity contribution is 6.29. The molecule has 0 N–H and O–H groups in total. The lowest BCUT2D eigenvalue weighted by Crippen LogP contribution is -2.37. The van der Waals surface area contributed by atoms with Gasteiger partial charge in [-0.3, -0.25) is 0 Å². The van der Waals surface area contributed by atoms with E-state index in [1.54, 1.807) is 0 Å². The van der Waals surface area contributed by atoms with Crippen molar-refractivity contribution in [1.82, 2.24) is 9.97 Å². The summed E-state index contributed by atoms with van der Waals surface area (Å²) in [6.45, 7) is 3.51. The van der Waals surface area contributed by atoms with E-state index in [0.717, 1.165) is 31.9 Å². The van der Waals surface area contributed by atoms with Crippen LogP contribution in [0.1, 0.15) is 18.7 Å². The molecular formula is C11H16ClN3O. The summed E-state index contributed by atoms with van der Waals surface area (Å²) in [5.41, 5.74) is 0. The quantitative estimate of drug-likeness (QED) is 0.743. The summed E-state index contributed by atoms with van der Waals surface area (Å²) in [5, 5.41) is 0.501. The molecule has 4 nitrogen and oxygen atoms in total. The van der Waals surface area contributed by atoms with Gasteiger partial charge in [0.25, 0.3) is 0 Å². The average Bonchev–Trinajstić information content (AvgIpc) is 2.28. The minimum atomic E-state index is 0.485. The first-order valence-corrected chi connectivity index (χ1v) is 5.86. The lowest BCUT2D eigenvalue weighted by atomic mass is 10.1. The van der Waals surface area contributed by atoms with Crippen LogP contribution in [0.3, 0.4) is 0 Å². The van der Waals surface area contributed by atoms with Crippen LogP contribution in [0.25, 0.3) is 0 Å². The summed E-state index contributed by atoms with van der Waals surface area (Å²) in [6.07, 6.45) is 2.08. The third kappa shape index (κ3) is 2.62. The first-order valence-electron chi connectivity index (χ1n) is 5.48. The van der Waals surface area contributed by atoms with Crippen molar-refractivity contribution in [2.24, 2.45) is 0 Å². The van der Waals surface area contributed by atoms with Gasteiger partial charge >= 0.3 is 0 Å². The number of ether oxygens (including phenoxy) is 1. The van der Waals surface area contributed by atoms with Crippen molar-refractivity contribution in [2.75, 3.05) is 25.2 Å². The Hall–Kier alpha value is -0.870. The molecule has 16 heavy (non-hydrogen) atoms. The van der Waals surface area contributed by atoms with E-state index in [2.05, 4.69) is 14.9 Å². The van der Waals surface area contributed by atoms with Crippen LogP contribution in [-0.2, 0) is 4.74 Å². The molecule has 0 bridgehead atoms. The fraction of sp³-hybridized carbons (Fsp3) is 0.636. The lowest BCUT2D eigenvalue weighted by Gasteiger charge is -2.32. The van der Waals surface area contributed by atoms with E-state index in [-0.39, 0.29) is 0 Å². The Kier molecular flexibility index (Phi) is 3.61. The van der Waals surface area contributed by atoms with Gasteiger partial charge in [0.05, 0.1) is 0 Å². The standard InChI is InChI=1S/C11H16ClN3O/c1-8-13-10(12)7-11(14-8)15(2)9-3-5-16-6-4-9/h7,9H,3-6H2,1-2H3. The molecule has 2 rings (SSSR count). The molecule has 0 spiro atoms. The van der Waals surface area contributed by atoms with E-state index in [4.69, 9.17) is 16.3 Å². The molecule has 1 saturated heterocycles. The monoisotopic (exact) mass is 241 g/mol. The average molecular weight is 242 g/mol. The largest absolute Gasteiger partial charge is 0.381 e. The van der Waals surface area contributed by atoms with Crippen molar-refractivity contribution < 1.29 is 4.74 Å². The second-order valence-electron chi connectivity index (χ2n) is 4.05. The van der Waals surface area contributed by atoms with Gasteiger partial charge in [0, 0.05) is 32.4 Å². The minimum absolute atomic E-state index is 0.485. The predicted octanol–water partition coefficient (Wildman–Crippen LogP) is 2.05. The zero-order chi connectivity index (χ0) is 11.5. The van der Waals surface area contributed by atoms with E-state index in [0.29, 0.717) is 17.0 Å². The summed E-state index contributed by atoms with van der Waals surface area (Å²) >= 11 is 5.93. The number of anilines is 1. The van der Waals surface area contributed by atoms with Gasteiger partial charge < -0.3 is 9.64 Å². The van der Waals surface area contributed by atoms with E-state index in [1.165, 1.54) is 0 Å². The number of aromatic nitrogens is 2. The molecule has 0 atom stereocenters. The first-order chi connectivity index (χ1) is 7.66. The molecule has 0 aliphatic carbocycles. The van der Waals surface area contributed by atoms with Crippen LogP contribution < -0.4 is 4.90 Å². The van der Waals surface area contributed by atoms with Crippen LogP contribution in [0.2, 0.25) is 5.15 Å². The maximum Gasteiger partial charge on any atom is 0.134 e. The number of rotatable bonds is 2. The molecule has 0 aromatic carbocycles. The van der Waals surface area contributed by atoms with Gasteiger partial charge in [0.1, 0.15) is 16.8 Å². The highest BCUT2D eigenvalue weighted by atomic mass is 35.5. The zero-order valence-electron chi connectivity index (χ0n) is 9.61. The fourth-order valence-corrected chi connectivity index (χ4v) is 2.18. The smallest absolute Gasteiger partial charge is 0.134 e. The third-order valence-electron chi connectivity index (χ3n) is 2.89. The van der Waals surface area contributed by atoms with Gasteiger partial charge in [-0.1, -0.05) is 11.6 Å². The van der Waals surface area contributed by atoms with Crippen molar-refractivity contribution in [3.8, 4) is 0 Å². The molecule has 88 valence electrons. The second-order valence-corrected chi connectivity index (χ2v) is 4.44.